The number of thioether (sulfide) groups is 1. The summed E-state index contributed by atoms with van der Waals surface area (Å²) in [5.74, 6) is -0.341. The Labute approximate surface area is 146 Å². The van der Waals surface area contributed by atoms with Crippen molar-refractivity contribution in [2.24, 2.45) is 16.6 Å². The molecule has 0 saturated heterocycles. The molecule has 1 aliphatic heterocycles. The first-order valence-corrected chi connectivity index (χ1v) is 9.27. The molecule has 3 N–H and O–H groups in total. The van der Waals surface area contributed by atoms with Crippen LogP contribution in [-0.2, 0) is 10.3 Å². The maximum absolute atomic E-state index is 14.4. The molecule has 7 heteroatoms. The van der Waals surface area contributed by atoms with Gasteiger partial charge in [0.25, 0.3) is 0 Å². The highest BCUT2D eigenvalue weighted by Gasteiger charge is 2.70. The highest BCUT2D eigenvalue weighted by atomic mass is 79.9. The van der Waals surface area contributed by atoms with Gasteiger partial charge in [-0.3, -0.25) is 9.79 Å². The number of aliphatic imine (C=N–C) groups is 1. The van der Waals surface area contributed by atoms with Crippen LogP contribution in [0.5, 0.6) is 0 Å². The topological polar surface area (TPSA) is 67.5 Å². The van der Waals surface area contributed by atoms with Crippen LogP contribution < -0.4 is 11.1 Å². The fourth-order valence-corrected chi connectivity index (χ4v) is 5.23. The average Bonchev–Trinajstić information content (AvgIpc) is 3.36. The SMILES string of the molecule is C[C@]1(c2cc(Br)ccc2F)N=C(N)S[C@@]2(C(=O)NC3CC3)C[C@H]21. The van der Waals surface area contributed by atoms with Crippen molar-refractivity contribution in [3.05, 3.63) is 34.1 Å². The second-order valence-electron chi connectivity index (χ2n) is 6.72. The highest BCUT2D eigenvalue weighted by molar-refractivity contribution is 9.10. The highest BCUT2D eigenvalue weighted by Crippen LogP contribution is 2.66. The number of hydrogen-bond acceptors (Lipinski definition) is 4. The van der Waals surface area contributed by atoms with Crippen molar-refractivity contribution in [1.82, 2.24) is 5.32 Å². The average molecular weight is 398 g/mol. The van der Waals surface area contributed by atoms with Gasteiger partial charge in [0.05, 0.1) is 5.54 Å². The van der Waals surface area contributed by atoms with E-state index in [0.29, 0.717) is 23.2 Å². The molecule has 122 valence electrons. The van der Waals surface area contributed by atoms with Gasteiger partial charge >= 0.3 is 0 Å². The van der Waals surface area contributed by atoms with Crippen molar-refractivity contribution in [1.29, 1.82) is 0 Å². The van der Waals surface area contributed by atoms with Crippen molar-refractivity contribution in [3.8, 4) is 0 Å². The number of amides is 1. The van der Waals surface area contributed by atoms with Crippen LogP contribution in [0.4, 0.5) is 4.39 Å². The van der Waals surface area contributed by atoms with Gasteiger partial charge in [0.1, 0.15) is 10.6 Å². The van der Waals surface area contributed by atoms with E-state index >= 15 is 0 Å². The summed E-state index contributed by atoms with van der Waals surface area (Å²) >= 11 is 4.72. The zero-order valence-corrected chi connectivity index (χ0v) is 15.0. The predicted molar refractivity (Wildman–Crippen MR) is 92.7 cm³/mol. The Morgan fingerprint density at radius 1 is 1.52 bits per heavy atom. The van der Waals surface area contributed by atoms with Crippen molar-refractivity contribution in [3.63, 3.8) is 0 Å². The van der Waals surface area contributed by atoms with E-state index in [2.05, 4.69) is 26.2 Å². The molecule has 3 atom stereocenters. The minimum absolute atomic E-state index is 0.0227. The van der Waals surface area contributed by atoms with E-state index in [1.54, 1.807) is 12.1 Å². The predicted octanol–water partition coefficient (Wildman–Crippen LogP) is 2.90. The lowest BCUT2D eigenvalue weighted by atomic mass is 9.85. The van der Waals surface area contributed by atoms with Gasteiger partial charge in [-0.2, -0.15) is 0 Å². The van der Waals surface area contributed by atoms with Crippen LogP contribution in [0, 0.1) is 11.7 Å². The van der Waals surface area contributed by atoms with Crippen LogP contribution >= 0.6 is 27.7 Å². The minimum atomic E-state index is -0.815. The molecule has 0 aromatic heterocycles. The molecular formula is C16H17BrFN3OS. The van der Waals surface area contributed by atoms with Gasteiger partial charge in [0.15, 0.2) is 5.17 Å². The van der Waals surface area contributed by atoms with Gasteiger partial charge < -0.3 is 11.1 Å². The fraction of sp³-hybridized carbons (Fsp3) is 0.500. The van der Waals surface area contributed by atoms with E-state index in [9.17, 15) is 9.18 Å². The number of benzene rings is 1. The number of carbonyl (C=O) groups excluding carboxylic acids is 1. The Bertz CT molecular complexity index is 738. The van der Waals surface area contributed by atoms with E-state index in [4.69, 9.17) is 5.73 Å². The van der Waals surface area contributed by atoms with Gasteiger partial charge in [-0.1, -0.05) is 27.7 Å². The minimum Gasteiger partial charge on any atom is -0.378 e. The zero-order chi connectivity index (χ0) is 16.4. The summed E-state index contributed by atoms with van der Waals surface area (Å²) in [5.41, 5.74) is 5.69. The Morgan fingerprint density at radius 3 is 2.96 bits per heavy atom. The molecule has 0 unspecified atom stereocenters. The quantitative estimate of drug-likeness (QED) is 0.823. The summed E-state index contributed by atoms with van der Waals surface area (Å²) in [6.07, 6.45) is 2.75. The lowest BCUT2D eigenvalue weighted by molar-refractivity contribution is -0.121. The Balaban J connectivity index is 1.73. The number of nitrogens with zero attached hydrogens (tertiary/aromatic N) is 1. The third-order valence-electron chi connectivity index (χ3n) is 4.99. The smallest absolute Gasteiger partial charge is 0.237 e. The molecule has 0 bridgehead atoms. The van der Waals surface area contributed by atoms with Gasteiger partial charge in [0.2, 0.25) is 5.91 Å². The molecule has 2 fully saturated rings. The number of nitrogens with one attached hydrogen (secondary N) is 1. The largest absolute Gasteiger partial charge is 0.378 e. The third-order valence-corrected chi connectivity index (χ3v) is 6.78. The number of amidine groups is 1. The van der Waals surface area contributed by atoms with Crippen molar-refractivity contribution < 1.29 is 9.18 Å². The number of fused-ring (bicyclic) bond motifs is 1. The molecule has 1 heterocycles. The fourth-order valence-electron chi connectivity index (χ4n) is 3.49. The van der Waals surface area contributed by atoms with Crippen molar-refractivity contribution in [2.75, 3.05) is 0 Å². The first-order valence-electron chi connectivity index (χ1n) is 7.66. The molecule has 1 aromatic rings. The van der Waals surface area contributed by atoms with E-state index < -0.39 is 10.3 Å². The second-order valence-corrected chi connectivity index (χ2v) is 8.98. The van der Waals surface area contributed by atoms with Crippen LogP contribution in [0.1, 0.15) is 31.7 Å². The Kier molecular flexibility index (Phi) is 3.33. The molecule has 4 nitrogen and oxygen atoms in total. The molecule has 2 aliphatic carbocycles. The Morgan fingerprint density at radius 2 is 2.26 bits per heavy atom. The standard InChI is InChI=1S/C16H17BrFN3OS/c1-15(10-6-8(17)2-5-11(10)18)12-7-16(12,23-14(19)21-15)13(22)20-9-3-4-9/h2,5-6,9,12H,3-4,7H2,1H3,(H2,19,21)(H,20,22)/t12-,15+,16-/m0/s1. The molecule has 3 aliphatic rings. The number of nitrogens with two attached hydrogens (primary N) is 1. The molecule has 0 radical (unpaired) electrons. The van der Waals surface area contributed by atoms with Gasteiger partial charge in [-0.05, 0) is 44.4 Å². The lowest BCUT2D eigenvalue weighted by Crippen LogP contribution is -2.44. The van der Waals surface area contributed by atoms with E-state index in [1.807, 2.05) is 6.92 Å². The third kappa shape index (κ3) is 2.39. The van der Waals surface area contributed by atoms with Crippen LogP contribution in [0.25, 0.3) is 0 Å². The van der Waals surface area contributed by atoms with Crippen molar-refractivity contribution in [2.45, 2.75) is 42.5 Å². The maximum atomic E-state index is 14.4. The summed E-state index contributed by atoms with van der Waals surface area (Å²) < 4.78 is 14.6. The van der Waals surface area contributed by atoms with Crippen LogP contribution in [0.2, 0.25) is 0 Å². The number of rotatable bonds is 3. The molecule has 23 heavy (non-hydrogen) atoms. The maximum Gasteiger partial charge on any atom is 0.237 e. The molecule has 0 spiro atoms. The summed E-state index contributed by atoms with van der Waals surface area (Å²) in [5, 5.41) is 3.42. The monoisotopic (exact) mass is 397 g/mol. The van der Waals surface area contributed by atoms with Crippen LogP contribution in [-0.4, -0.2) is 21.9 Å². The Hall–Kier alpha value is -1.08. The number of halogens is 2. The molecular weight excluding hydrogens is 381 g/mol. The van der Waals surface area contributed by atoms with Gasteiger partial charge in [-0.15, -0.1) is 0 Å². The van der Waals surface area contributed by atoms with E-state index in [-0.39, 0.29) is 17.6 Å². The summed E-state index contributed by atoms with van der Waals surface area (Å²) in [7, 11) is 0. The van der Waals surface area contributed by atoms with Gasteiger partial charge in [-0.25, -0.2) is 4.39 Å². The van der Waals surface area contributed by atoms with Crippen molar-refractivity contribution >= 4 is 38.8 Å². The number of hydrogen-bond donors (Lipinski definition) is 2. The molecule has 2 saturated carbocycles. The number of carbonyl (C=O) groups is 1. The van der Waals surface area contributed by atoms with Crippen LogP contribution in [0.15, 0.2) is 27.7 Å². The summed E-state index contributed by atoms with van der Waals surface area (Å²) in [4.78, 5) is 17.2. The van der Waals surface area contributed by atoms with Gasteiger partial charge in [0, 0.05) is 22.0 Å². The molecule has 1 amide bonds. The molecule has 1 aromatic carbocycles. The first-order chi connectivity index (χ1) is 10.8. The first kappa shape index (κ1) is 15.4. The van der Waals surface area contributed by atoms with Crippen LogP contribution in [0.3, 0.4) is 0 Å². The summed E-state index contributed by atoms with van der Waals surface area (Å²) in [6.45, 7) is 1.88. The van der Waals surface area contributed by atoms with E-state index in [1.165, 1.54) is 17.8 Å². The molecule has 4 rings (SSSR count). The van der Waals surface area contributed by atoms with E-state index in [0.717, 1.165) is 17.3 Å². The lowest BCUT2D eigenvalue weighted by Gasteiger charge is -2.33. The normalized spacial score (nSPS) is 35.3. The summed E-state index contributed by atoms with van der Waals surface area (Å²) in [6, 6.07) is 5.12. The second kappa shape index (κ2) is 4.96. The zero-order valence-electron chi connectivity index (χ0n) is 12.6.